The van der Waals surface area contributed by atoms with Gasteiger partial charge in [0.25, 0.3) is 0 Å². The Labute approximate surface area is 91.2 Å². The van der Waals surface area contributed by atoms with Crippen molar-refractivity contribution in [3.05, 3.63) is 29.6 Å². The van der Waals surface area contributed by atoms with Crippen molar-refractivity contribution < 1.29 is 17.9 Å². The highest BCUT2D eigenvalue weighted by Gasteiger charge is 2.42. The SMILES string of the molecule is NCC1(COc2ccc(F)c(F)c2F)CC1. The van der Waals surface area contributed by atoms with Gasteiger partial charge in [0.1, 0.15) is 0 Å². The van der Waals surface area contributed by atoms with Crippen molar-refractivity contribution in [3.63, 3.8) is 0 Å². The summed E-state index contributed by atoms with van der Waals surface area (Å²) in [5.41, 5.74) is 5.42. The summed E-state index contributed by atoms with van der Waals surface area (Å²) in [5, 5.41) is 0. The van der Waals surface area contributed by atoms with Crippen molar-refractivity contribution >= 4 is 0 Å². The van der Waals surface area contributed by atoms with Crippen LogP contribution in [0.25, 0.3) is 0 Å². The second kappa shape index (κ2) is 3.97. The summed E-state index contributed by atoms with van der Waals surface area (Å²) in [6.45, 7) is 0.698. The van der Waals surface area contributed by atoms with Gasteiger partial charge in [-0.15, -0.1) is 0 Å². The average molecular weight is 231 g/mol. The number of halogens is 3. The van der Waals surface area contributed by atoms with E-state index in [1.807, 2.05) is 0 Å². The van der Waals surface area contributed by atoms with E-state index in [0.717, 1.165) is 25.0 Å². The molecule has 1 saturated carbocycles. The smallest absolute Gasteiger partial charge is 0.203 e. The van der Waals surface area contributed by atoms with Crippen LogP contribution in [-0.2, 0) is 0 Å². The number of ether oxygens (including phenoxy) is 1. The third-order valence-electron chi connectivity index (χ3n) is 2.92. The molecule has 0 aromatic heterocycles. The predicted octanol–water partition coefficient (Wildman–Crippen LogP) is 2.22. The zero-order valence-corrected chi connectivity index (χ0v) is 8.60. The zero-order chi connectivity index (χ0) is 11.8. The van der Waals surface area contributed by atoms with Gasteiger partial charge in [0.2, 0.25) is 5.82 Å². The molecule has 0 atom stereocenters. The van der Waals surface area contributed by atoms with Crippen LogP contribution >= 0.6 is 0 Å². The standard InChI is InChI=1S/C11H12F3NO/c12-7-1-2-8(10(14)9(7)13)16-6-11(5-15)3-4-11/h1-2H,3-6,15H2. The van der Waals surface area contributed by atoms with Crippen molar-refractivity contribution in [3.8, 4) is 5.75 Å². The Hall–Kier alpha value is -1.23. The first-order valence-electron chi connectivity index (χ1n) is 5.04. The molecule has 0 heterocycles. The third-order valence-corrected chi connectivity index (χ3v) is 2.92. The lowest BCUT2D eigenvalue weighted by Crippen LogP contribution is -2.23. The molecular formula is C11H12F3NO. The van der Waals surface area contributed by atoms with E-state index in [1.165, 1.54) is 0 Å². The van der Waals surface area contributed by atoms with Crippen molar-refractivity contribution in [2.24, 2.45) is 11.1 Å². The van der Waals surface area contributed by atoms with Gasteiger partial charge in [0.15, 0.2) is 17.4 Å². The van der Waals surface area contributed by atoms with Crippen LogP contribution in [0.4, 0.5) is 13.2 Å². The third kappa shape index (κ3) is 2.00. The van der Waals surface area contributed by atoms with E-state index in [1.54, 1.807) is 0 Å². The highest BCUT2D eigenvalue weighted by Crippen LogP contribution is 2.44. The van der Waals surface area contributed by atoms with Gasteiger partial charge in [-0.25, -0.2) is 8.78 Å². The highest BCUT2D eigenvalue weighted by atomic mass is 19.2. The molecule has 88 valence electrons. The summed E-state index contributed by atoms with van der Waals surface area (Å²) in [6.07, 6.45) is 1.85. The molecule has 2 N–H and O–H groups in total. The molecule has 0 spiro atoms. The van der Waals surface area contributed by atoms with Crippen LogP contribution in [0.1, 0.15) is 12.8 Å². The lowest BCUT2D eigenvalue weighted by molar-refractivity contribution is 0.225. The minimum Gasteiger partial charge on any atom is -0.490 e. The lowest BCUT2D eigenvalue weighted by atomic mass is 10.1. The summed E-state index contributed by atoms with van der Waals surface area (Å²) in [4.78, 5) is 0. The molecular weight excluding hydrogens is 219 g/mol. The van der Waals surface area contributed by atoms with E-state index in [0.29, 0.717) is 6.54 Å². The molecule has 1 aliphatic carbocycles. The molecule has 2 rings (SSSR count). The van der Waals surface area contributed by atoms with Gasteiger partial charge in [0, 0.05) is 12.0 Å². The largest absolute Gasteiger partial charge is 0.490 e. The van der Waals surface area contributed by atoms with Gasteiger partial charge in [-0.05, 0) is 25.0 Å². The number of hydrogen-bond acceptors (Lipinski definition) is 2. The van der Waals surface area contributed by atoms with E-state index >= 15 is 0 Å². The fourth-order valence-corrected chi connectivity index (χ4v) is 1.43. The molecule has 5 heteroatoms. The summed E-state index contributed by atoms with van der Waals surface area (Å²) in [5.74, 6) is -4.27. The number of hydrogen-bond donors (Lipinski definition) is 1. The zero-order valence-electron chi connectivity index (χ0n) is 8.60. The topological polar surface area (TPSA) is 35.2 Å². The van der Waals surface area contributed by atoms with Gasteiger partial charge in [-0.1, -0.05) is 0 Å². The Morgan fingerprint density at radius 3 is 2.44 bits per heavy atom. The monoisotopic (exact) mass is 231 g/mol. The molecule has 1 aliphatic rings. The Morgan fingerprint density at radius 1 is 1.19 bits per heavy atom. The summed E-state index contributed by atoms with van der Waals surface area (Å²) >= 11 is 0. The first-order chi connectivity index (χ1) is 7.58. The summed E-state index contributed by atoms with van der Waals surface area (Å²) in [7, 11) is 0. The molecule has 0 saturated heterocycles. The maximum atomic E-state index is 13.2. The lowest BCUT2D eigenvalue weighted by Gasteiger charge is -2.14. The Kier molecular flexibility index (Phi) is 2.80. The quantitative estimate of drug-likeness (QED) is 0.806. The summed E-state index contributed by atoms with van der Waals surface area (Å²) < 4.78 is 43.8. The fourth-order valence-electron chi connectivity index (χ4n) is 1.43. The van der Waals surface area contributed by atoms with Gasteiger partial charge < -0.3 is 10.5 Å². The fraction of sp³-hybridized carbons (Fsp3) is 0.455. The highest BCUT2D eigenvalue weighted by molar-refractivity contribution is 5.26. The van der Waals surface area contributed by atoms with Gasteiger partial charge >= 0.3 is 0 Å². The van der Waals surface area contributed by atoms with Crippen molar-refractivity contribution in [1.82, 2.24) is 0 Å². The van der Waals surface area contributed by atoms with E-state index < -0.39 is 17.5 Å². The van der Waals surface area contributed by atoms with Crippen LogP contribution < -0.4 is 10.5 Å². The molecule has 0 bridgehead atoms. The van der Waals surface area contributed by atoms with Crippen molar-refractivity contribution in [1.29, 1.82) is 0 Å². The van der Waals surface area contributed by atoms with Crippen molar-refractivity contribution in [2.75, 3.05) is 13.2 Å². The van der Waals surface area contributed by atoms with Crippen LogP contribution in [0.2, 0.25) is 0 Å². The maximum absolute atomic E-state index is 13.2. The van der Waals surface area contributed by atoms with E-state index in [-0.39, 0.29) is 17.8 Å². The molecule has 0 unspecified atom stereocenters. The predicted molar refractivity (Wildman–Crippen MR) is 52.5 cm³/mol. The second-order valence-electron chi connectivity index (χ2n) is 4.17. The van der Waals surface area contributed by atoms with Crippen molar-refractivity contribution in [2.45, 2.75) is 12.8 Å². The Bertz CT molecular complexity index is 404. The van der Waals surface area contributed by atoms with E-state index in [2.05, 4.69) is 0 Å². The van der Waals surface area contributed by atoms with Gasteiger partial charge in [-0.2, -0.15) is 4.39 Å². The number of rotatable bonds is 4. The molecule has 0 radical (unpaired) electrons. The van der Waals surface area contributed by atoms with Gasteiger partial charge in [-0.3, -0.25) is 0 Å². The summed E-state index contributed by atoms with van der Waals surface area (Å²) in [6, 6.07) is 1.93. The minimum atomic E-state index is -1.50. The van der Waals surface area contributed by atoms with Crippen LogP contribution in [0.3, 0.4) is 0 Å². The maximum Gasteiger partial charge on any atom is 0.203 e. The molecule has 1 fully saturated rings. The molecule has 0 aliphatic heterocycles. The molecule has 0 amide bonds. The van der Waals surface area contributed by atoms with Crippen LogP contribution in [0.15, 0.2) is 12.1 Å². The minimum absolute atomic E-state index is 0.0999. The van der Waals surface area contributed by atoms with E-state index in [9.17, 15) is 13.2 Å². The number of nitrogens with two attached hydrogens (primary N) is 1. The van der Waals surface area contributed by atoms with Crippen LogP contribution in [-0.4, -0.2) is 13.2 Å². The average Bonchev–Trinajstić information content (AvgIpc) is 3.06. The molecule has 1 aromatic carbocycles. The normalized spacial score (nSPS) is 17.2. The molecule has 16 heavy (non-hydrogen) atoms. The van der Waals surface area contributed by atoms with E-state index in [4.69, 9.17) is 10.5 Å². The Balaban J connectivity index is 2.07. The Morgan fingerprint density at radius 2 is 1.88 bits per heavy atom. The van der Waals surface area contributed by atoms with Gasteiger partial charge in [0.05, 0.1) is 6.61 Å². The molecule has 1 aromatic rings. The molecule has 2 nitrogen and oxygen atoms in total. The van der Waals surface area contributed by atoms with Crippen LogP contribution in [0.5, 0.6) is 5.75 Å². The first kappa shape index (κ1) is 11.3. The second-order valence-corrected chi connectivity index (χ2v) is 4.17. The first-order valence-corrected chi connectivity index (χ1v) is 5.04. The van der Waals surface area contributed by atoms with Crippen LogP contribution in [0, 0.1) is 22.9 Å². The number of benzene rings is 1.